The molecule has 5 nitrogen and oxygen atoms in total. The minimum absolute atomic E-state index is 0.0880. The van der Waals surface area contributed by atoms with Crippen LogP contribution in [-0.4, -0.2) is 41.9 Å². The Bertz CT molecular complexity index is 672. The van der Waals surface area contributed by atoms with Crippen molar-refractivity contribution < 1.29 is 14.6 Å². The summed E-state index contributed by atoms with van der Waals surface area (Å²) < 4.78 is 5.54. The Morgan fingerprint density at radius 2 is 2.29 bits per heavy atom. The predicted molar refractivity (Wildman–Crippen MR) is 80.9 cm³/mol. The maximum atomic E-state index is 11.3. The summed E-state index contributed by atoms with van der Waals surface area (Å²) in [6.07, 6.45) is 0.957. The lowest BCUT2D eigenvalue weighted by Gasteiger charge is -2.37. The third kappa shape index (κ3) is 2.56. The van der Waals surface area contributed by atoms with Crippen LogP contribution in [0.3, 0.4) is 0 Å². The van der Waals surface area contributed by atoms with Gasteiger partial charge in [0.1, 0.15) is 0 Å². The van der Waals surface area contributed by atoms with Gasteiger partial charge in [0, 0.05) is 17.6 Å². The van der Waals surface area contributed by atoms with Gasteiger partial charge in [-0.05, 0) is 18.6 Å². The smallest absolute Gasteiger partial charge is 0.354 e. The number of rotatable bonds is 3. The Morgan fingerprint density at radius 3 is 3.05 bits per heavy atom. The normalized spacial score (nSPS) is 18.9. The molecule has 2 aromatic rings. The highest BCUT2D eigenvalue weighted by Crippen LogP contribution is 2.30. The highest BCUT2D eigenvalue weighted by Gasteiger charge is 2.24. The molecule has 1 N–H and O–H groups in total. The van der Waals surface area contributed by atoms with Gasteiger partial charge < -0.3 is 14.7 Å². The average molecular weight is 286 g/mol. The number of hydrogen-bond donors (Lipinski definition) is 1. The summed E-state index contributed by atoms with van der Waals surface area (Å²) in [6, 6.07) is 9.62. The molecule has 1 atom stereocenters. The van der Waals surface area contributed by atoms with Gasteiger partial charge in [0.15, 0.2) is 5.69 Å². The number of fused-ring (bicyclic) bond motifs is 1. The Kier molecular flexibility index (Phi) is 3.75. The maximum absolute atomic E-state index is 11.3. The summed E-state index contributed by atoms with van der Waals surface area (Å²) in [6.45, 7) is 4.23. The maximum Gasteiger partial charge on any atom is 0.354 e. The number of carboxylic acids is 1. The molecule has 21 heavy (non-hydrogen) atoms. The zero-order valence-corrected chi connectivity index (χ0v) is 12.0. The van der Waals surface area contributed by atoms with Crippen molar-refractivity contribution in [2.45, 2.75) is 19.4 Å². The standard InChI is InChI=1S/C16H18N2O3/c1-2-11-10-21-8-7-18(11)15-9-14(16(19)20)17-13-6-4-3-5-12(13)15/h3-6,9,11H,2,7-8,10H2,1H3,(H,19,20). The van der Waals surface area contributed by atoms with Crippen LogP contribution in [-0.2, 0) is 4.74 Å². The summed E-state index contributed by atoms with van der Waals surface area (Å²) in [5.74, 6) is -0.997. The number of morpholine rings is 1. The molecular weight excluding hydrogens is 268 g/mol. The van der Waals surface area contributed by atoms with Crippen LogP contribution in [0.15, 0.2) is 30.3 Å². The molecule has 1 aliphatic rings. The van der Waals surface area contributed by atoms with Crippen LogP contribution in [0.25, 0.3) is 10.9 Å². The van der Waals surface area contributed by atoms with Crippen molar-refractivity contribution >= 4 is 22.6 Å². The molecule has 5 heteroatoms. The van der Waals surface area contributed by atoms with Crippen LogP contribution in [0.1, 0.15) is 23.8 Å². The van der Waals surface area contributed by atoms with Gasteiger partial charge in [-0.15, -0.1) is 0 Å². The first-order valence-corrected chi connectivity index (χ1v) is 7.18. The minimum Gasteiger partial charge on any atom is -0.477 e. The van der Waals surface area contributed by atoms with E-state index in [2.05, 4.69) is 16.8 Å². The second-order valence-electron chi connectivity index (χ2n) is 5.18. The number of anilines is 1. The molecule has 1 unspecified atom stereocenters. The summed E-state index contributed by atoms with van der Waals surface area (Å²) >= 11 is 0. The van der Waals surface area contributed by atoms with Gasteiger partial charge in [-0.3, -0.25) is 0 Å². The topological polar surface area (TPSA) is 62.7 Å². The van der Waals surface area contributed by atoms with Gasteiger partial charge in [0.25, 0.3) is 0 Å². The van der Waals surface area contributed by atoms with Gasteiger partial charge >= 0.3 is 5.97 Å². The second kappa shape index (κ2) is 5.69. The van der Waals surface area contributed by atoms with Crippen LogP contribution < -0.4 is 4.90 Å². The van der Waals surface area contributed by atoms with Crippen molar-refractivity contribution in [3.63, 3.8) is 0 Å². The van der Waals surface area contributed by atoms with Crippen molar-refractivity contribution in [1.82, 2.24) is 4.98 Å². The molecular formula is C16H18N2O3. The van der Waals surface area contributed by atoms with E-state index in [1.54, 1.807) is 6.07 Å². The summed E-state index contributed by atoms with van der Waals surface area (Å²) in [7, 11) is 0. The first kappa shape index (κ1) is 13.8. The van der Waals surface area contributed by atoms with Crippen LogP contribution in [0.4, 0.5) is 5.69 Å². The predicted octanol–water partition coefficient (Wildman–Crippen LogP) is 2.55. The molecule has 0 radical (unpaired) electrons. The molecule has 0 saturated carbocycles. The number of para-hydroxylation sites is 1. The largest absolute Gasteiger partial charge is 0.477 e. The molecule has 1 aromatic carbocycles. The number of pyridine rings is 1. The van der Waals surface area contributed by atoms with Crippen LogP contribution in [0.5, 0.6) is 0 Å². The van der Waals surface area contributed by atoms with E-state index < -0.39 is 5.97 Å². The number of aromatic carboxylic acids is 1. The lowest BCUT2D eigenvalue weighted by Crippen LogP contribution is -2.45. The lowest BCUT2D eigenvalue weighted by atomic mass is 10.1. The number of hydrogen-bond acceptors (Lipinski definition) is 4. The van der Waals surface area contributed by atoms with Gasteiger partial charge in [0.05, 0.1) is 24.8 Å². The third-order valence-corrected chi connectivity index (χ3v) is 3.92. The quantitative estimate of drug-likeness (QED) is 0.939. The summed E-state index contributed by atoms with van der Waals surface area (Å²) in [5, 5.41) is 10.3. The molecule has 0 aliphatic carbocycles. The number of carboxylic acid groups (broad SMARTS) is 1. The highest BCUT2D eigenvalue weighted by atomic mass is 16.5. The van der Waals surface area contributed by atoms with E-state index >= 15 is 0 Å². The fourth-order valence-corrected chi connectivity index (χ4v) is 2.81. The fraction of sp³-hybridized carbons (Fsp3) is 0.375. The molecule has 1 aliphatic heterocycles. The third-order valence-electron chi connectivity index (χ3n) is 3.92. The second-order valence-corrected chi connectivity index (χ2v) is 5.18. The zero-order chi connectivity index (χ0) is 14.8. The van der Waals surface area contributed by atoms with Gasteiger partial charge in [-0.2, -0.15) is 0 Å². The summed E-state index contributed by atoms with van der Waals surface area (Å²) in [4.78, 5) is 17.8. The fourth-order valence-electron chi connectivity index (χ4n) is 2.81. The van der Waals surface area contributed by atoms with Gasteiger partial charge in [-0.1, -0.05) is 25.1 Å². The van der Waals surface area contributed by atoms with E-state index in [1.165, 1.54) is 0 Å². The van der Waals surface area contributed by atoms with Crippen molar-refractivity contribution in [2.24, 2.45) is 0 Å². The molecule has 0 bridgehead atoms. The van der Waals surface area contributed by atoms with Crippen molar-refractivity contribution in [3.05, 3.63) is 36.0 Å². The first-order valence-electron chi connectivity index (χ1n) is 7.18. The van der Waals surface area contributed by atoms with E-state index in [4.69, 9.17) is 4.74 Å². The molecule has 110 valence electrons. The Balaban J connectivity index is 2.17. The SMILES string of the molecule is CCC1COCCN1c1cc(C(=O)O)nc2ccccc12. The molecule has 0 amide bonds. The number of ether oxygens (including phenoxy) is 1. The number of nitrogens with zero attached hydrogens (tertiary/aromatic N) is 2. The number of aromatic nitrogens is 1. The zero-order valence-electron chi connectivity index (χ0n) is 12.0. The molecule has 1 saturated heterocycles. The molecule has 1 fully saturated rings. The lowest BCUT2D eigenvalue weighted by molar-refractivity contribution is 0.0691. The van der Waals surface area contributed by atoms with E-state index in [9.17, 15) is 9.90 Å². The van der Waals surface area contributed by atoms with Crippen LogP contribution in [0, 0.1) is 0 Å². The Morgan fingerprint density at radius 1 is 1.48 bits per heavy atom. The van der Waals surface area contributed by atoms with E-state index in [0.717, 1.165) is 24.0 Å². The van der Waals surface area contributed by atoms with E-state index in [-0.39, 0.29) is 11.7 Å². The molecule has 1 aromatic heterocycles. The monoisotopic (exact) mass is 286 g/mol. The molecule has 3 rings (SSSR count). The van der Waals surface area contributed by atoms with Crippen molar-refractivity contribution in [2.75, 3.05) is 24.7 Å². The summed E-state index contributed by atoms with van der Waals surface area (Å²) in [5.41, 5.74) is 1.74. The first-order chi connectivity index (χ1) is 10.2. The minimum atomic E-state index is -0.997. The van der Waals surface area contributed by atoms with Crippen molar-refractivity contribution in [3.8, 4) is 0 Å². The molecule has 0 spiro atoms. The van der Waals surface area contributed by atoms with Gasteiger partial charge in [0.2, 0.25) is 0 Å². The number of carbonyl (C=O) groups is 1. The number of benzene rings is 1. The van der Waals surface area contributed by atoms with Gasteiger partial charge in [-0.25, -0.2) is 9.78 Å². The Labute approximate surface area is 123 Å². The van der Waals surface area contributed by atoms with E-state index in [1.807, 2.05) is 24.3 Å². The average Bonchev–Trinajstić information content (AvgIpc) is 2.53. The Hall–Kier alpha value is -2.14. The highest BCUT2D eigenvalue weighted by molar-refractivity contribution is 5.97. The van der Waals surface area contributed by atoms with Crippen LogP contribution in [0.2, 0.25) is 0 Å². The van der Waals surface area contributed by atoms with Crippen molar-refractivity contribution in [1.29, 1.82) is 0 Å². The van der Waals surface area contributed by atoms with Crippen LogP contribution >= 0.6 is 0 Å². The molecule has 2 heterocycles. The van der Waals surface area contributed by atoms with E-state index in [0.29, 0.717) is 18.7 Å².